The molecule has 1 aromatic heterocycles. The summed E-state index contributed by atoms with van der Waals surface area (Å²) in [6, 6.07) is 12.3. The molecular weight excluding hydrogens is 426 g/mol. The van der Waals surface area contributed by atoms with Gasteiger partial charge in [0, 0.05) is 17.6 Å². The minimum Gasteiger partial charge on any atom is -0.456 e. The number of hydrogen-bond donors (Lipinski definition) is 4. The number of nitrogens with two attached hydrogens (primary N) is 1. The number of sulfonamides is 1. The molecule has 0 aliphatic rings. The fourth-order valence-corrected chi connectivity index (χ4v) is 3.16. The number of rotatable bonds is 8. The number of para-hydroxylation sites is 1. The van der Waals surface area contributed by atoms with Gasteiger partial charge >= 0.3 is 5.97 Å². The normalized spacial score (nSPS) is 11.1. The number of benzene rings is 2. The third-order valence-corrected chi connectivity index (χ3v) is 5.06. The summed E-state index contributed by atoms with van der Waals surface area (Å²) < 4.78 is 27.3. The highest BCUT2D eigenvalue weighted by Gasteiger charge is 2.14. The summed E-state index contributed by atoms with van der Waals surface area (Å²) in [7, 11) is -3.83. The van der Waals surface area contributed by atoms with E-state index in [2.05, 4.69) is 20.8 Å². The minimum atomic E-state index is -3.83. The molecule has 0 radical (unpaired) electrons. The van der Waals surface area contributed by atoms with Gasteiger partial charge in [0.25, 0.3) is 11.8 Å². The van der Waals surface area contributed by atoms with Crippen LogP contribution in [0.4, 0.5) is 5.69 Å². The third-order valence-electron chi connectivity index (χ3n) is 4.13. The van der Waals surface area contributed by atoms with E-state index in [9.17, 15) is 22.8 Å². The molecule has 1 heterocycles. The van der Waals surface area contributed by atoms with Crippen molar-refractivity contribution in [2.45, 2.75) is 11.3 Å². The van der Waals surface area contributed by atoms with Gasteiger partial charge in [0.1, 0.15) is 0 Å². The number of carbonyl (C=O) groups excluding carboxylic acids is 3. The fraction of sp³-hybridized carbons (Fsp3) is 0.158. The molecule has 0 fully saturated rings. The molecular formula is C19H19N5O6S. The van der Waals surface area contributed by atoms with Crippen LogP contribution in [0.5, 0.6) is 0 Å². The van der Waals surface area contributed by atoms with Gasteiger partial charge in [0.2, 0.25) is 10.0 Å². The number of nitrogens with zero attached hydrogens (tertiary/aromatic N) is 1. The average Bonchev–Trinajstić information content (AvgIpc) is 3.16. The number of primary sulfonamides is 1. The summed E-state index contributed by atoms with van der Waals surface area (Å²) in [5.41, 5.74) is 1.25. The van der Waals surface area contributed by atoms with Crippen LogP contribution < -0.4 is 15.8 Å². The molecule has 12 heteroatoms. The van der Waals surface area contributed by atoms with Crippen LogP contribution in [0.1, 0.15) is 16.9 Å². The highest BCUT2D eigenvalue weighted by Crippen LogP contribution is 2.15. The van der Waals surface area contributed by atoms with Crippen molar-refractivity contribution in [3.8, 4) is 0 Å². The molecule has 0 aliphatic heterocycles. The number of fused-ring (bicyclic) bond motifs is 1. The van der Waals surface area contributed by atoms with Gasteiger partial charge in [-0.3, -0.25) is 19.5 Å². The van der Waals surface area contributed by atoms with Crippen molar-refractivity contribution < 1.29 is 27.5 Å². The number of amides is 2. The highest BCUT2D eigenvalue weighted by atomic mass is 32.2. The van der Waals surface area contributed by atoms with Gasteiger partial charge in [-0.15, -0.1) is 0 Å². The highest BCUT2D eigenvalue weighted by molar-refractivity contribution is 7.89. The van der Waals surface area contributed by atoms with Crippen molar-refractivity contribution in [1.82, 2.24) is 15.5 Å². The van der Waals surface area contributed by atoms with Crippen LogP contribution in [0.25, 0.3) is 10.9 Å². The topological polar surface area (TPSA) is 173 Å². The van der Waals surface area contributed by atoms with Crippen LogP contribution in [0, 0.1) is 0 Å². The molecule has 5 N–H and O–H groups in total. The molecule has 31 heavy (non-hydrogen) atoms. The van der Waals surface area contributed by atoms with Crippen molar-refractivity contribution in [2.24, 2.45) is 5.14 Å². The fourth-order valence-electron chi connectivity index (χ4n) is 2.64. The predicted molar refractivity (Wildman–Crippen MR) is 110 cm³/mol. The number of hydrogen-bond acceptors (Lipinski definition) is 7. The lowest BCUT2D eigenvalue weighted by Crippen LogP contribution is -2.28. The van der Waals surface area contributed by atoms with E-state index >= 15 is 0 Å². The zero-order valence-corrected chi connectivity index (χ0v) is 16.9. The molecule has 0 unspecified atom stereocenters. The standard InChI is InChI=1S/C19H19N5O6S/c20-31(28,29)13-7-5-12(6-8-13)22-16(25)11-30-17(26)9-10-21-19(27)18-14-3-1-2-4-15(14)23-24-18/h1-8H,9-11H2,(H,21,27)(H,22,25)(H,23,24)(H2,20,28,29). The molecule has 3 rings (SSSR count). The van der Waals surface area contributed by atoms with Crippen LogP contribution in [-0.2, 0) is 24.3 Å². The lowest BCUT2D eigenvalue weighted by atomic mass is 10.2. The Labute approximate surface area is 177 Å². The summed E-state index contributed by atoms with van der Waals surface area (Å²) in [6.07, 6.45) is -0.134. The maximum absolute atomic E-state index is 12.2. The van der Waals surface area contributed by atoms with Crippen molar-refractivity contribution in [3.63, 3.8) is 0 Å². The Morgan fingerprint density at radius 1 is 1.06 bits per heavy atom. The molecule has 0 bridgehead atoms. The Balaban J connectivity index is 1.40. The summed E-state index contributed by atoms with van der Waals surface area (Å²) >= 11 is 0. The second kappa shape index (κ2) is 9.36. The van der Waals surface area contributed by atoms with Crippen LogP contribution in [-0.4, -0.2) is 49.6 Å². The Kier molecular flexibility index (Phi) is 6.62. The zero-order valence-electron chi connectivity index (χ0n) is 16.1. The quantitative estimate of drug-likeness (QED) is 0.365. The van der Waals surface area contributed by atoms with E-state index in [1.165, 1.54) is 24.3 Å². The van der Waals surface area contributed by atoms with Gasteiger partial charge in [-0.2, -0.15) is 5.10 Å². The van der Waals surface area contributed by atoms with E-state index in [-0.39, 0.29) is 23.6 Å². The van der Waals surface area contributed by atoms with E-state index < -0.39 is 34.4 Å². The Morgan fingerprint density at radius 2 is 1.77 bits per heavy atom. The van der Waals surface area contributed by atoms with Crippen LogP contribution in [0.3, 0.4) is 0 Å². The van der Waals surface area contributed by atoms with Crippen LogP contribution in [0.2, 0.25) is 0 Å². The molecule has 162 valence electrons. The Bertz CT molecular complexity index is 1220. The molecule has 0 saturated carbocycles. The summed E-state index contributed by atoms with van der Waals surface area (Å²) in [5, 5.41) is 17.4. The molecule has 2 aromatic carbocycles. The van der Waals surface area contributed by atoms with Gasteiger partial charge in [0.05, 0.1) is 16.8 Å². The van der Waals surface area contributed by atoms with E-state index in [0.29, 0.717) is 11.1 Å². The van der Waals surface area contributed by atoms with Crippen molar-refractivity contribution in [3.05, 3.63) is 54.2 Å². The number of carbonyl (C=O) groups is 3. The van der Waals surface area contributed by atoms with E-state index in [1.54, 1.807) is 18.2 Å². The predicted octanol–water partition coefficient (Wildman–Crippen LogP) is 0.512. The van der Waals surface area contributed by atoms with E-state index in [0.717, 1.165) is 5.52 Å². The monoisotopic (exact) mass is 445 g/mol. The lowest BCUT2D eigenvalue weighted by molar-refractivity contribution is -0.147. The summed E-state index contributed by atoms with van der Waals surface area (Å²) in [4.78, 5) is 35.7. The van der Waals surface area contributed by atoms with Gasteiger partial charge in [-0.25, -0.2) is 13.6 Å². The van der Waals surface area contributed by atoms with Crippen molar-refractivity contribution in [1.29, 1.82) is 0 Å². The molecule has 0 saturated heterocycles. The summed E-state index contributed by atoms with van der Waals surface area (Å²) in [5.74, 6) is -1.72. The van der Waals surface area contributed by atoms with E-state index in [1.807, 2.05) is 6.07 Å². The number of aromatic nitrogens is 2. The number of ether oxygens (including phenoxy) is 1. The van der Waals surface area contributed by atoms with Crippen molar-refractivity contribution >= 4 is 44.4 Å². The van der Waals surface area contributed by atoms with Crippen molar-refractivity contribution in [2.75, 3.05) is 18.5 Å². The van der Waals surface area contributed by atoms with E-state index in [4.69, 9.17) is 9.88 Å². The first kappa shape index (κ1) is 21.9. The van der Waals surface area contributed by atoms with Crippen LogP contribution >= 0.6 is 0 Å². The summed E-state index contributed by atoms with van der Waals surface area (Å²) in [6.45, 7) is -0.525. The van der Waals surface area contributed by atoms with Gasteiger partial charge in [0.15, 0.2) is 12.3 Å². The first-order valence-electron chi connectivity index (χ1n) is 9.03. The molecule has 0 spiro atoms. The first-order chi connectivity index (χ1) is 14.7. The second-order valence-corrected chi connectivity index (χ2v) is 7.96. The zero-order chi connectivity index (χ0) is 22.4. The minimum absolute atomic E-state index is 0.00942. The number of nitrogens with one attached hydrogen (secondary N) is 3. The SMILES string of the molecule is NS(=O)(=O)c1ccc(NC(=O)COC(=O)CCNC(=O)c2n[nH]c3ccccc23)cc1. The largest absolute Gasteiger partial charge is 0.456 e. The van der Waals surface area contributed by atoms with Crippen LogP contribution in [0.15, 0.2) is 53.4 Å². The third kappa shape index (κ3) is 5.87. The van der Waals surface area contributed by atoms with Gasteiger partial charge in [-0.05, 0) is 30.3 Å². The maximum atomic E-state index is 12.2. The second-order valence-electron chi connectivity index (χ2n) is 6.40. The Hall–Kier alpha value is -3.77. The lowest BCUT2D eigenvalue weighted by Gasteiger charge is -2.07. The number of aromatic amines is 1. The molecule has 0 atom stereocenters. The molecule has 0 aliphatic carbocycles. The number of anilines is 1. The van der Waals surface area contributed by atoms with Gasteiger partial charge in [-0.1, -0.05) is 18.2 Å². The Morgan fingerprint density at radius 3 is 2.48 bits per heavy atom. The number of H-pyrrole nitrogens is 1. The molecule has 3 aromatic rings. The first-order valence-corrected chi connectivity index (χ1v) is 10.6. The molecule has 2 amide bonds. The molecule has 11 nitrogen and oxygen atoms in total. The smallest absolute Gasteiger partial charge is 0.308 e. The average molecular weight is 445 g/mol. The van der Waals surface area contributed by atoms with Gasteiger partial charge < -0.3 is 15.4 Å². The maximum Gasteiger partial charge on any atom is 0.308 e. The number of esters is 1.